The molecule has 2 heterocycles. The highest BCUT2D eigenvalue weighted by Gasteiger charge is 2.35. The van der Waals surface area contributed by atoms with Gasteiger partial charge >= 0.3 is 5.69 Å². The number of likely N-dealkylation sites (tertiary alicyclic amines) is 1. The van der Waals surface area contributed by atoms with Crippen molar-refractivity contribution in [2.75, 3.05) is 13.2 Å². The Kier molecular flexibility index (Phi) is 4.33. The molecular formula is C12H18N4O4. The fourth-order valence-electron chi connectivity index (χ4n) is 2.76. The smallest absolute Gasteiger partial charge is 0.307 e. The number of hydrogen-bond donors (Lipinski definition) is 1. The highest BCUT2D eigenvalue weighted by molar-refractivity contribution is 5.76. The van der Waals surface area contributed by atoms with Crippen LogP contribution in [0.4, 0.5) is 5.69 Å². The highest BCUT2D eigenvalue weighted by Crippen LogP contribution is 2.26. The van der Waals surface area contributed by atoms with Gasteiger partial charge in [-0.2, -0.15) is 5.10 Å². The fourth-order valence-corrected chi connectivity index (χ4v) is 2.76. The fraction of sp³-hybridized carbons (Fsp3) is 0.667. The van der Waals surface area contributed by atoms with Gasteiger partial charge in [-0.1, -0.05) is 6.92 Å². The summed E-state index contributed by atoms with van der Waals surface area (Å²) in [6, 6.07) is 0.0399. The van der Waals surface area contributed by atoms with E-state index >= 15 is 0 Å². The molecule has 1 saturated heterocycles. The van der Waals surface area contributed by atoms with E-state index in [0.717, 1.165) is 19.0 Å². The zero-order valence-electron chi connectivity index (χ0n) is 11.3. The Labute approximate surface area is 116 Å². The standard InChI is InChI=1S/C12H18N4O4/c1-2-11-9(8-17)3-4-15(11)12(18)7-14-6-10(5-13-14)16(19)20/h5-6,9,11,17H,2-4,7-8H2,1H3/t9-,11-/m1/s1. The van der Waals surface area contributed by atoms with Gasteiger partial charge in [0.2, 0.25) is 5.91 Å². The van der Waals surface area contributed by atoms with Crippen LogP contribution in [-0.4, -0.2) is 49.8 Å². The zero-order chi connectivity index (χ0) is 14.7. The molecule has 0 bridgehead atoms. The summed E-state index contributed by atoms with van der Waals surface area (Å²) in [5, 5.41) is 23.7. The molecule has 20 heavy (non-hydrogen) atoms. The third kappa shape index (κ3) is 2.79. The number of carbonyl (C=O) groups is 1. The number of aliphatic hydroxyl groups is 1. The van der Waals surface area contributed by atoms with E-state index in [4.69, 9.17) is 0 Å². The molecule has 2 atom stereocenters. The van der Waals surface area contributed by atoms with Crippen molar-refractivity contribution in [3.63, 3.8) is 0 Å². The number of carbonyl (C=O) groups excluding carboxylic acids is 1. The number of aliphatic hydroxyl groups excluding tert-OH is 1. The molecule has 0 aliphatic carbocycles. The lowest BCUT2D eigenvalue weighted by Gasteiger charge is -2.26. The maximum Gasteiger partial charge on any atom is 0.307 e. The van der Waals surface area contributed by atoms with E-state index in [1.807, 2.05) is 6.92 Å². The quantitative estimate of drug-likeness (QED) is 0.622. The summed E-state index contributed by atoms with van der Waals surface area (Å²) in [4.78, 5) is 24.0. The number of amides is 1. The lowest BCUT2D eigenvalue weighted by Crippen LogP contribution is -2.40. The van der Waals surface area contributed by atoms with Crippen LogP contribution in [0.25, 0.3) is 0 Å². The van der Waals surface area contributed by atoms with Gasteiger partial charge in [0, 0.05) is 25.1 Å². The monoisotopic (exact) mass is 282 g/mol. The second kappa shape index (κ2) is 6.00. The molecule has 8 nitrogen and oxygen atoms in total. The van der Waals surface area contributed by atoms with Gasteiger partial charge in [-0.25, -0.2) is 0 Å². The number of nitro groups is 1. The molecule has 0 spiro atoms. The van der Waals surface area contributed by atoms with E-state index < -0.39 is 4.92 Å². The van der Waals surface area contributed by atoms with Gasteiger partial charge in [0.15, 0.2) is 0 Å². The zero-order valence-corrected chi connectivity index (χ0v) is 11.3. The number of hydrogen-bond acceptors (Lipinski definition) is 5. The highest BCUT2D eigenvalue weighted by atomic mass is 16.6. The van der Waals surface area contributed by atoms with Gasteiger partial charge in [0.25, 0.3) is 0 Å². The normalized spacial score (nSPS) is 22.2. The third-order valence-corrected chi connectivity index (χ3v) is 3.79. The van der Waals surface area contributed by atoms with Crippen molar-refractivity contribution in [2.24, 2.45) is 5.92 Å². The number of nitrogens with zero attached hydrogens (tertiary/aromatic N) is 4. The lowest BCUT2D eigenvalue weighted by atomic mass is 9.99. The molecule has 1 N–H and O–H groups in total. The molecule has 0 saturated carbocycles. The van der Waals surface area contributed by atoms with Crippen molar-refractivity contribution < 1.29 is 14.8 Å². The average molecular weight is 282 g/mol. The lowest BCUT2D eigenvalue weighted by molar-refractivity contribution is -0.385. The first kappa shape index (κ1) is 14.4. The molecule has 0 aromatic carbocycles. The summed E-state index contributed by atoms with van der Waals surface area (Å²) in [5.74, 6) is 0.00158. The minimum atomic E-state index is -0.541. The first-order valence-electron chi connectivity index (χ1n) is 6.64. The van der Waals surface area contributed by atoms with E-state index in [0.29, 0.717) is 6.54 Å². The first-order valence-corrected chi connectivity index (χ1v) is 6.64. The van der Waals surface area contributed by atoms with Crippen LogP contribution in [0.1, 0.15) is 19.8 Å². The van der Waals surface area contributed by atoms with E-state index in [9.17, 15) is 20.0 Å². The largest absolute Gasteiger partial charge is 0.396 e. The van der Waals surface area contributed by atoms with Crippen LogP contribution in [0.5, 0.6) is 0 Å². The van der Waals surface area contributed by atoms with E-state index in [1.165, 1.54) is 10.9 Å². The van der Waals surface area contributed by atoms with E-state index in [1.54, 1.807) is 4.90 Å². The predicted molar refractivity (Wildman–Crippen MR) is 69.9 cm³/mol. The predicted octanol–water partition coefficient (Wildman–Crippen LogP) is 0.411. The van der Waals surface area contributed by atoms with Crippen molar-refractivity contribution in [3.8, 4) is 0 Å². The summed E-state index contributed by atoms with van der Waals surface area (Å²) in [6.45, 7) is 2.67. The molecule has 110 valence electrons. The molecule has 1 fully saturated rings. The molecule has 0 unspecified atom stereocenters. The van der Waals surface area contributed by atoms with Gasteiger partial charge in [-0.15, -0.1) is 0 Å². The molecule has 0 radical (unpaired) electrons. The van der Waals surface area contributed by atoms with Crippen LogP contribution in [0, 0.1) is 16.0 Å². The van der Waals surface area contributed by atoms with Crippen LogP contribution >= 0.6 is 0 Å². The third-order valence-electron chi connectivity index (χ3n) is 3.79. The minimum Gasteiger partial charge on any atom is -0.396 e. The van der Waals surface area contributed by atoms with Crippen LogP contribution in [-0.2, 0) is 11.3 Å². The SMILES string of the molecule is CC[C@@H]1[C@@H](CO)CCN1C(=O)Cn1cc([N+](=O)[O-])cn1. The summed E-state index contributed by atoms with van der Waals surface area (Å²) < 4.78 is 1.28. The Bertz CT molecular complexity index is 501. The van der Waals surface area contributed by atoms with E-state index in [-0.39, 0.29) is 36.7 Å². The first-order chi connectivity index (χ1) is 9.56. The molecule has 1 aliphatic heterocycles. The van der Waals surface area contributed by atoms with Crippen LogP contribution in [0.2, 0.25) is 0 Å². The van der Waals surface area contributed by atoms with Crippen molar-refractivity contribution >= 4 is 11.6 Å². The van der Waals surface area contributed by atoms with Gasteiger partial charge in [-0.05, 0) is 12.8 Å². The second-order valence-corrected chi connectivity index (χ2v) is 4.95. The molecule has 2 rings (SSSR count). The Morgan fingerprint density at radius 1 is 1.65 bits per heavy atom. The molecule has 1 aliphatic rings. The maximum absolute atomic E-state index is 12.2. The molecule has 1 aromatic heterocycles. The van der Waals surface area contributed by atoms with Gasteiger partial charge in [-0.3, -0.25) is 19.6 Å². The van der Waals surface area contributed by atoms with Crippen LogP contribution in [0.3, 0.4) is 0 Å². The summed E-state index contributed by atoms with van der Waals surface area (Å²) in [7, 11) is 0. The minimum absolute atomic E-state index is 0.0114. The molecular weight excluding hydrogens is 264 g/mol. The van der Waals surface area contributed by atoms with Crippen molar-refractivity contribution in [3.05, 3.63) is 22.5 Å². The van der Waals surface area contributed by atoms with Crippen molar-refractivity contribution in [1.29, 1.82) is 0 Å². The Hall–Kier alpha value is -1.96. The van der Waals surface area contributed by atoms with Crippen LogP contribution < -0.4 is 0 Å². The maximum atomic E-state index is 12.2. The summed E-state index contributed by atoms with van der Waals surface area (Å²) in [6.07, 6.45) is 3.96. The second-order valence-electron chi connectivity index (χ2n) is 4.95. The molecule has 8 heteroatoms. The van der Waals surface area contributed by atoms with Gasteiger partial charge in [0.05, 0.1) is 4.92 Å². The van der Waals surface area contributed by atoms with Crippen molar-refractivity contribution in [2.45, 2.75) is 32.4 Å². The van der Waals surface area contributed by atoms with Gasteiger partial charge in [0.1, 0.15) is 18.9 Å². The molecule has 1 amide bonds. The molecule has 1 aromatic rings. The number of rotatable bonds is 5. The topological polar surface area (TPSA) is 102 Å². The Balaban J connectivity index is 2.02. The van der Waals surface area contributed by atoms with Crippen molar-refractivity contribution in [1.82, 2.24) is 14.7 Å². The Morgan fingerprint density at radius 2 is 2.40 bits per heavy atom. The number of aromatic nitrogens is 2. The van der Waals surface area contributed by atoms with Gasteiger partial charge < -0.3 is 10.0 Å². The summed E-state index contributed by atoms with van der Waals surface area (Å²) in [5.41, 5.74) is -0.125. The van der Waals surface area contributed by atoms with E-state index in [2.05, 4.69) is 5.10 Å². The average Bonchev–Trinajstić information content (AvgIpc) is 3.03. The van der Waals surface area contributed by atoms with Crippen LogP contribution in [0.15, 0.2) is 12.4 Å². The summed E-state index contributed by atoms with van der Waals surface area (Å²) >= 11 is 0. The Morgan fingerprint density at radius 3 is 2.95 bits per heavy atom.